The first kappa shape index (κ1) is 17.4. The third-order valence-electron chi connectivity index (χ3n) is 3.23. The van der Waals surface area contributed by atoms with Gasteiger partial charge in [0.05, 0.1) is 14.2 Å². The fraction of sp³-hybridized carbons (Fsp3) is 0.235. The Bertz CT molecular complexity index is 679. The highest BCUT2D eigenvalue weighted by atomic mass is 35.5. The molecule has 0 aliphatic rings. The number of benzene rings is 2. The van der Waals surface area contributed by atoms with Crippen molar-refractivity contribution >= 4 is 34.6 Å². The molecule has 23 heavy (non-hydrogen) atoms. The van der Waals surface area contributed by atoms with Crippen LogP contribution in [0.15, 0.2) is 42.5 Å². The summed E-state index contributed by atoms with van der Waals surface area (Å²) in [7, 11) is 3.20. The summed E-state index contributed by atoms with van der Waals surface area (Å²) >= 11 is 11.3. The van der Waals surface area contributed by atoms with Crippen LogP contribution in [0.1, 0.15) is 5.56 Å². The zero-order chi connectivity index (χ0) is 16.7. The van der Waals surface area contributed by atoms with Crippen LogP contribution in [0.25, 0.3) is 0 Å². The molecule has 0 heterocycles. The molecular weight excluding hydrogens is 332 g/mol. The molecule has 0 aliphatic carbocycles. The largest absolute Gasteiger partial charge is 0.493 e. The second kappa shape index (κ2) is 8.60. The molecule has 0 saturated carbocycles. The Kier molecular flexibility index (Phi) is 6.50. The monoisotopic (exact) mass is 350 g/mol. The predicted octanol–water partition coefficient (Wildman–Crippen LogP) is 3.89. The molecule has 122 valence electrons. The number of hydrogen-bond donors (Lipinski definition) is 2. The number of ether oxygens (including phenoxy) is 2. The number of nitrogens with one attached hydrogen (secondary N) is 2. The molecule has 0 aliphatic heterocycles. The maximum absolute atomic E-state index is 5.97. The van der Waals surface area contributed by atoms with Crippen LogP contribution in [0.3, 0.4) is 0 Å². The molecule has 2 aromatic carbocycles. The lowest BCUT2D eigenvalue weighted by Crippen LogP contribution is -2.30. The van der Waals surface area contributed by atoms with E-state index in [1.165, 1.54) is 5.56 Å². The first-order valence-corrected chi connectivity index (χ1v) is 7.92. The molecule has 2 N–H and O–H groups in total. The standard InChI is InChI=1S/C17H19ClN2O2S/c1-21-15-7-6-14(11-16(15)22-2)20-17(23)19-9-8-12-4-3-5-13(18)10-12/h3-7,10-11H,8-9H2,1-2H3,(H2,19,20,23). The van der Waals surface area contributed by atoms with Gasteiger partial charge in [0.25, 0.3) is 0 Å². The van der Waals surface area contributed by atoms with Crippen LogP contribution in [0.5, 0.6) is 11.5 Å². The average Bonchev–Trinajstić information content (AvgIpc) is 2.54. The number of thiocarbonyl (C=S) groups is 1. The van der Waals surface area contributed by atoms with Gasteiger partial charge in [0.2, 0.25) is 0 Å². The topological polar surface area (TPSA) is 42.5 Å². The average molecular weight is 351 g/mol. The molecule has 0 amide bonds. The van der Waals surface area contributed by atoms with Crippen LogP contribution in [-0.2, 0) is 6.42 Å². The van der Waals surface area contributed by atoms with Gasteiger partial charge in [0.1, 0.15) is 0 Å². The lowest BCUT2D eigenvalue weighted by atomic mass is 10.1. The predicted molar refractivity (Wildman–Crippen MR) is 98.9 cm³/mol. The van der Waals surface area contributed by atoms with Gasteiger partial charge >= 0.3 is 0 Å². The maximum Gasteiger partial charge on any atom is 0.170 e. The summed E-state index contributed by atoms with van der Waals surface area (Å²) in [5.41, 5.74) is 2.00. The number of halogens is 1. The summed E-state index contributed by atoms with van der Waals surface area (Å²) in [6.45, 7) is 0.722. The van der Waals surface area contributed by atoms with Crippen LogP contribution >= 0.6 is 23.8 Å². The molecule has 0 saturated heterocycles. The van der Waals surface area contributed by atoms with Crippen LogP contribution in [-0.4, -0.2) is 25.9 Å². The summed E-state index contributed by atoms with van der Waals surface area (Å²) in [5, 5.41) is 7.59. The molecule has 0 spiro atoms. The van der Waals surface area contributed by atoms with E-state index < -0.39 is 0 Å². The summed E-state index contributed by atoms with van der Waals surface area (Å²) in [6, 6.07) is 13.3. The minimum absolute atomic E-state index is 0.555. The molecule has 6 heteroatoms. The van der Waals surface area contributed by atoms with Crippen molar-refractivity contribution in [3.05, 3.63) is 53.1 Å². The summed E-state index contributed by atoms with van der Waals surface area (Å²) < 4.78 is 10.5. The van der Waals surface area contributed by atoms with E-state index in [-0.39, 0.29) is 0 Å². The fourth-order valence-corrected chi connectivity index (χ4v) is 2.53. The number of anilines is 1. The third-order valence-corrected chi connectivity index (χ3v) is 3.71. The first-order valence-electron chi connectivity index (χ1n) is 7.13. The van der Waals surface area contributed by atoms with Crippen LogP contribution in [0.4, 0.5) is 5.69 Å². The Morgan fingerprint density at radius 3 is 2.57 bits per heavy atom. The van der Waals surface area contributed by atoms with Gasteiger partial charge in [-0.2, -0.15) is 0 Å². The molecule has 0 unspecified atom stereocenters. The molecule has 0 radical (unpaired) electrons. The van der Waals surface area contributed by atoms with Crippen LogP contribution in [0, 0.1) is 0 Å². The molecule has 4 nitrogen and oxygen atoms in total. The Morgan fingerprint density at radius 1 is 1.09 bits per heavy atom. The minimum Gasteiger partial charge on any atom is -0.493 e. The summed E-state index contributed by atoms with van der Waals surface area (Å²) in [4.78, 5) is 0. The van der Waals surface area contributed by atoms with E-state index in [0.717, 1.165) is 23.7 Å². The second-order valence-electron chi connectivity index (χ2n) is 4.83. The van der Waals surface area contributed by atoms with E-state index in [1.54, 1.807) is 14.2 Å². The van der Waals surface area contributed by atoms with E-state index >= 15 is 0 Å². The van der Waals surface area contributed by atoms with Crippen molar-refractivity contribution in [3.63, 3.8) is 0 Å². The summed E-state index contributed by atoms with van der Waals surface area (Å²) in [5.74, 6) is 1.33. The van der Waals surface area contributed by atoms with Gasteiger partial charge in [0.15, 0.2) is 16.6 Å². The van der Waals surface area contributed by atoms with Crippen molar-refractivity contribution in [2.24, 2.45) is 0 Å². The van der Waals surface area contributed by atoms with Crippen molar-refractivity contribution in [2.45, 2.75) is 6.42 Å². The van der Waals surface area contributed by atoms with Gasteiger partial charge in [-0.05, 0) is 48.5 Å². The van der Waals surface area contributed by atoms with Gasteiger partial charge in [-0.1, -0.05) is 23.7 Å². The summed E-state index contributed by atoms with van der Waals surface area (Å²) in [6.07, 6.45) is 0.842. The molecule has 0 bridgehead atoms. The van der Waals surface area contributed by atoms with E-state index in [0.29, 0.717) is 16.6 Å². The van der Waals surface area contributed by atoms with Gasteiger partial charge in [-0.3, -0.25) is 0 Å². The van der Waals surface area contributed by atoms with Crippen molar-refractivity contribution < 1.29 is 9.47 Å². The van der Waals surface area contributed by atoms with Gasteiger partial charge in [-0.15, -0.1) is 0 Å². The maximum atomic E-state index is 5.97. The molecule has 0 aromatic heterocycles. The molecule has 0 fully saturated rings. The van der Waals surface area contributed by atoms with E-state index in [9.17, 15) is 0 Å². The van der Waals surface area contributed by atoms with Crippen molar-refractivity contribution in [2.75, 3.05) is 26.1 Å². The SMILES string of the molecule is COc1ccc(NC(=S)NCCc2cccc(Cl)c2)cc1OC. The third kappa shape index (κ3) is 5.30. The Balaban J connectivity index is 1.85. The van der Waals surface area contributed by atoms with E-state index in [2.05, 4.69) is 10.6 Å². The lowest BCUT2D eigenvalue weighted by molar-refractivity contribution is 0.355. The first-order chi connectivity index (χ1) is 11.1. The Morgan fingerprint density at radius 2 is 1.87 bits per heavy atom. The van der Waals surface area contributed by atoms with Gasteiger partial charge < -0.3 is 20.1 Å². The number of rotatable bonds is 6. The fourth-order valence-electron chi connectivity index (χ4n) is 2.10. The van der Waals surface area contributed by atoms with Gasteiger partial charge in [-0.25, -0.2) is 0 Å². The Labute approximate surface area is 146 Å². The molecule has 2 aromatic rings. The van der Waals surface area contributed by atoms with Crippen molar-refractivity contribution in [1.82, 2.24) is 5.32 Å². The highest BCUT2D eigenvalue weighted by Gasteiger charge is 2.05. The van der Waals surface area contributed by atoms with Crippen LogP contribution in [0.2, 0.25) is 5.02 Å². The van der Waals surface area contributed by atoms with Gasteiger partial charge in [0, 0.05) is 23.3 Å². The second-order valence-corrected chi connectivity index (χ2v) is 5.68. The van der Waals surface area contributed by atoms with E-state index in [1.807, 2.05) is 42.5 Å². The van der Waals surface area contributed by atoms with Crippen molar-refractivity contribution in [1.29, 1.82) is 0 Å². The Hall–Kier alpha value is -1.98. The molecule has 2 rings (SSSR count). The zero-order valence-electron chi connectivity index (χ0n) is 13.1. The van der Waals surface area contributed by atoms with Crippen molar-refractivity contribution in [3.8, 4) is 11.5 Å². The number of hydrogen-bond acceptors (Lipinski definition) is 3. The molecular formula is C17H19ClN2O2S. The van der Waals surface area contributed by atoms with Crippen LogP contribution < -0.4 is 20.1 Å². The number of methoxy groups -OCH3 is 2. The molecule has 0 atom stereocenters. The quantitative estimate of drug-likeness (QED) is 0.774. The highest BCUT2D eigenvalue weighted by Crippen LogP contribution is 2.29. The highest BCUT2D eigenvalue weighted by molar-refractivity contribution is 7.80. The lowest BCUT2D eigenvalue weighted by Gasteiger charge is -2.13. The smallest absolute Gasteiger partial charge is 0.170 e. The minimum atomic E-state index is 0.555. The zero-order valence-corrected chi connectivity index (χ0v) is 14.6. The van der Waals surface area contributed by atoms with E-state index in [4.69, 9.17) is 33.3 Å². The normalized spacial score (nSPS) is 10.0.